The number of hydrogen-bond donors (Lipinski definition) is 1. The Balaban J connectivity index is 1.61. The van der Waals surface area contributed by atoms with Crippen LogP contribution in [0.2, 0.25) is 0 Å². The van der Waals surface area contributed by atoms with Gasteiger partial charge in [-0.3, -0.25) is 0 Å². The fourth-order valence-corrected chi connectivity index (χ4v) is 3.02. The van der Waals surface area contributed by atoms with Gasteiger partial charge < -0.3 is 5.32 Å². The van der Waals surface area contributed by atoms with Gasteiger partial charge in [0.2, 0.25) is 0 Å². The lowest BCUT2D eigenvalue weighted by atomic mass is 10.1. The first-order chi connectivity index (χ1) is 7.90. The van der Waals surface area contributed by atoms with Gasteiger partial charge in [0.05, 0.1) is 0 Å². The predicted molar refractivity (Wildman–Crippen MR) is 72.0 cm³/mol. The van der Waals surface area contributed by atoms with Gasteiger partial charge in [0, 0.05) is 10.9 Å². The molecule has 0 spiro atoms. The van der Waals surface area contributed by atoms with Crippen LogP contribution in [0.25, 0.3) is 0 Å². The fourth-order valence-electron chi connectivity index (χ4n) is 2.12. The number of rotatable bonds is 7. The third kappa shape index (κ3) is 3.84. The summed E-state index contributed by atoms with van der Waals surface area (Å²) in [7, 11) is 2.10. The van der Waals surface area contributed by atoms with Crippen molar-refractivity contribution in [1.82, 2.24) is 5.32 Å². The Morgan fingerprint density at radius 2 is 2.06 bits per heavy atom. The summed E-state index contributed by atoms with van der Waals surface area (Å²) in [6.45, 7) is 0. The largest absolute Gasteiger partial charge is 0.317 e. The maximum Gasteiger partial charge on any atom is 0.00926 e. The van der Waals surface area contributed by atoms with Crippen LogP contribution in [0.3, 0.4) is 0 Å². The number of hydrogen-bond acceptors (Lipinski definition) is 2. The number of nitrogens with one attached hydrogen (secondary N) is 1. The summed E-state index contributed by atoms with van der Waals surface area (Å²) in [4.78, 5) is 1.40. The standard InChI is InChI=1S/C14H21NS/c1-15-14(12-9-10-12)8-5-11-16-13-6-3-2-4-7-13/h2-4,6-7,12,14-15H,5,8-11H2,1H3. The SMILES string of the molecule is CNC(CCCSc1ccccc1)C1CC1. The van der Waals surface area contributed by atoms with Crippen molar-refractivity contribution in [3.63, 3.8) is 0 Å². The molecular weight excluding hydrogens is 214 g/mol. The molecule has 1 nitrogen and oxygen atoms in total. The van der Waals surface area contributed by atoms with E-state index in [2.05, 4.69) is 42.7 Å². The molecule has 1 N–H and O–H groups in total. The van der Waals surface area contributed by atoms with Gasteiger partial charge in [-0.15, -0.1) is 11.8 Å². The average molecular weight is 235 g/mol. The van der Waals surface area contributed by atoms with Gasteiger partial charge >= 0.3 is 0 Å². The first-order valence-corrected chi connectivity index (χ1v) is 7.24. The van der Waals surface area contributed by atoms with Crippen LogP contribution in [-0.2, 0) is 0 Å². The highest BCUT2D eigenvalue weighted by atomic mass is 32.2. The van der Waals surface area contributed by atoms with Gasteiger partial charge in [-0.2, -0.15) is 0 Å². The zero-order valence-electron chi connectivity index (χ0n) is 9.99. The van der Waals surface area contributed by atoms with E-state index in [1.54, 1.807) is 0 Å². The molecular formula is C14H21NS. The van der Waals surface area contributed by atoms with Crippen LogP contribution < -0.4 is 5.32 Å². The van der Waals surface area contributed by atoms with E-state index < -0.39 is 0 Å². The van der Waals surface area contributed by atoms with E-state index in [0.29, 0.717) is 0 Å². The topological polar surface area (TPSA) is 12.0 Å². The van der Waals surface area contributed by atoms with Crippen molar-refractivity contribution in [3.05, 3.63) is 30.3 Å². The molecule has 1 aromatic carbocycles. The molecule has 88 valence electrons. The minimum absolute atomic E-state index is 0.774. The molecule has 0 amide bonds. The van der Waals surface area contributed by atoms with E-state index in [1.165, 1.54) is 36.3 Å². The predicted octanol–water partition coefficient (Wildman–Crippen LogP) is 3.56. The molecule has 1 saturated carbocycles. The van der Waals surface area contributed by atoms with Crippen molar-refractivity contribution in [3.8, 4) is 0 Å². The summed E-state index contributed by atoms with van der Waals surface area (Å²) in [5.41, 5.74) is 0. The van der Waals surface area contributed by atoms with E-state index in [4.69, 9.17) is 0 Å². The van der Waals surface area contributed by atoms with E-state index in [0.717, 1.165) is 12.0 Å². The molecule has 1 aliphatic rings. The summed E-state index contributed by atoms with van der Waals surface area (Å²) in [5, 5.41) is 3.45. The first-order valence-electron chi connectivity index (χ1n) is 6.25. The maximum absolute atomic E-state index is 3.45. The molecule has 1 aliphatic carbocycles. The van der Waals surface area contributed by atoms with Crippen molar-refractivity contribution >= 4 is 11.8 Å². The summed E-state index contributed by atoms with van der Waals surface area (Å²) in [6, 6.07) is 11.5. The second-order valence-corrected chi connectivity index (χ2v) is 5.70. The molecule has 1 fully saturated rings. The molecule has 0 saturated heterocycles. The molecule has 2 rings (SSSR count). The van der Waals surface area contributed by atoms with Crippen LogP contribution in [0, 0.1) is 5.92 Å². The van der Waals surface area contributed by atoms with E-state index in [-0.39, 0.29) is 0 Å². The van der Waals surface area contributed by atoms with E-state index in [1.807, 2.05) is 11.8 Å². The van der Waals surface area contributed by atoms with Crippen LogP contribution in [0.15, 0.2) is 35.2 Å². The molecule has 2 heteroatoms. The minimum atomic E-state index is 0.774. The van der Waals surface area contributed by atoms with Gasteiger partial charge in [0.1, 0.15) is 0 Å². The normalized spacial score (nSPS) is 17.3. The molecule has 0 heterocycles. The van der Waals surface area contributed by atoms with Crippen LogP contribution >= 0.6 is 11.8 Å². The summed E-state index contributed by atoms with van der Waals surface area (Å²) < 4.78 is 0. The molecule has 0 bridgehead atoms. The summed E-state index contributed by atoms with van der Waals surface area (Å²) in [5.74, 6) is 2.22. The second kappa shape index (κ2) is 6.31. The average Bonchev–Trinajstić information content (AvgIpc) is 3.15. The monoisotopic (exact) mass is 235 g/mol. The molecule has 0 aromatic heterocycles. The quantitative estimate of drug-likeness (QED) is 0.573. The highest BCUT2D eigenvalue weighted by Gasteiger charge is 2.29. The number of thioether (sulfide) groups is 1. The zero-order chi connectivity index (χ0) is 11.2. The fraction of sp³-hybridized carbons (Fsp3) is 0.571. The van der Waals surface area contributed by atoms with Crippen LogP contribution in [0.4, 0.5) is 0 Å². The minimum Gasteiger partial charge on any atom is -0.317 e. The van der Waals surface area contributed by atoms with Crippen molar-refractivity contribution in [2.45, 2.75) is 36.6 Å². The summed E-state index contributed by atoms with van der Waals surface area (Å²) >= 11 is 1.98. The van der Waals surface area contributed by atoms with Crippen molar-refractivity contribution in [2.24, 2.45) is 5.92 Å². The van der Waals surface area contributed by atoms with Crippen molar-refractivity contribution in [1.29, 1.82) is 0 Å². The Hall–Kier alpha value is -0.470. The lowest BCUT2D eigenvalue weighted by Gasteiger charge is -2.14. The Kier molecular flexibility index (Phi) is 4.73. The van der Waals surface area contributed by atoms with Gasteiger partial charge in [-0.25, -0.2) is 0 Å². The van der Waals surface area contributed by atoms with Crippen LogP contribution in [0.5, 0.6) is 0 Å². The molecule has 1 atom stereocenters. The van der Waals surface area contributed by atoms with Crippen LogP contribution in [-0.4, -0.2) is 18.8 Å². The Morgan fingerprint density at radius 3 is 2.69 bits per heavy atom. The molecule has 1 unspecified atom stereocenters. The second-order valence-electron chi connectivity index (χ2n) is 4.54. The highest BCUT2D eigenvalue weighted by Crippen LogP contribution is 2.34. The third-order valence-electron chi connectivity index (χ3n) is 3.23. The van der Waals surface area contributed by atoms with Crippen molar-refractivity contribution < 1.29 is 0 Å². The van der Waals surface area contributed by atoms with Gasteiger partial charge in [-0.1, -0.05) is 18.2 Å². The first kappa shape index (κ1) is 12.0. The smallest absolute Gasteiger partial charge is 0.00926 e. The van der Waals surface area contributed by atoms with E-state index in [9.17, 15) is 0 Å². The summed E-state index contributed by atoms with van der Waals surface area (Å²) in [6.07, 6.45) is 5.54. The van der Waals surface area contributed by atoms with Gasteiger partial charge in [0.15, 0.2) is 0 Å². The zero-order valence-corrected chi connectivity index (χ0v) is 10.8. The Labute approximate surface area is 103 Å². The lowest BCUT2D eigenvalue weighted by Crippen LogP contribution is -2.27. The molecule has 0 radical (unpaired) electrons. The Morgan fingerprint density at radius 1 is 1.31 bits per heavy atom. The van der Waals surface area contributed by atoms with E-state index >= 15 is 0 Å². The number of benzene rings is 1. The van der Waals surface area contributed by atoms with Crippen LogP contribution in [0.1, 0.15) is 25.7 Å². The molecule has 0 aliphatic heterocycles. The lowest BCUT2D eigenvalue weighted by molar-refractivity contribution is 0.467. The highest BCUT2D eigenvalue weighted by molar-refractivity contribution is 7.99. The maximum atomic E-state index is 3.45. The molecule has 1 aromatic rings. The van der Waals surface area contributed by atoms with Crippen molar-refractivity contribution in [2.75, 3.05) is 12.8 Å². The Bertz CT molecular complexity index is 295. The molecule has 16 heavy (non-hydrogen) atoms. The third-order valence-corrected chi connectivity index (χ3v) is 4.33. The van der Waals surface area contributed by atoms with Gasteiger partial charge in [-0.05, 0) is 56.5 Å². The van der Waals surface area contributed by atoms with Gasteiger partial charge in [0.25, 0.3) is 0 Å².